The Kier molecular flexibility index (Phi) is 4.85. The second-order valence-electron chi connectivity index (χ2n) is 8.56. The number of thioether (sulfide) groups is 1. The summed E-state index contributed by atoms with van der Waals surface area (Å²) >= 11 is 1.79. The van der Waals surface area contributed by atoms with Crippen LogP contribution < -0.4 is 0 Å². The molecule has 1 spiro atoms. The van der Waals surface area contributed by atoms with Crippen LogP contribution >= 0.6 is 11.8 Å². The van der Waals surface area contributed by atoms with Crippen LogP contribution in [0.3, 0.4) is 0 Å². The van der Waals surface area contributed by atoms with Gasteiger partial charge in [-0.2, -0.15) is 0 Å². The highest BCUT2D eigenvalue weighted by Crippen LogP contribution is 2.55. The maximum Gasteiger partial charge on any atom is 0.256 e. The number of nitrogens with zero attached hydrogens (tertiary/aromatic N) is 2. The van der Waals surface area contributed by atoms with Gasteiger partial charge in [-0.05, 0) is 50.3 Å². The second-order valence-corrected chi connectivity index (χ2v) is 10.1. The first kappa shape index (κ1) is 19.6. The topological polar surface area (TPSA) is 40.6 Å². The summed E-state index contributed by atoms with van der Waals surface area (Å²) in [5.41, 5.74) is 2.19. The summed E-state index contributed by atoms with van der Waals surface area (Å²) in [6, 6.07) is 15.0. The number of amides is 2. The average molecular weight is 425 g/mol. The van der Waals surface area contributed by atoms with Crippen molar-refractivity contribution in [2.45, 2.75) is 48.8 Å². The van der Waals surface area contributed by atoms with Crippen LogP contribution in [0.5, 0.6) is 0 Å². The maximum absolute atomic E-state index is 14.2. The Bertz CT molecular complexity index is 988. The average Bonchev–Trinajstić information content (AvgIpc) is 3.29. The molecular weight excluding hydrogens is 399 g/mol. The molecule has 2 atom stereocenters. The normalized spacial score (nSPS) is 25.1. The van der Waals surface area contributed by atoms with Crippen LogP contribution in [-0.4, -0.2) is 44.8 Å². The molecule has 0 radical (unpaired) electrons. The molecule has 2 unspecified atom stereocenters. The fourth-order valence-corrected chi connectivity index (χ4v) is 6.85. The molecule has 3 aliphatic heterocycles. The van der Waals surface area contributed by atoms with E-state index < -0.39 is 10.6 Å². The number of piperidine rings is 1. The number of hydrogen-bond acceptors (Lipinski definition) is 3. The molecule has 156 valence electrons. The first-order valence-electron chi connectivity index (χ1n) is 10.6. The zero-order valence-electron chi connectivity index (χ0n) is 17.0. The monoisotopic (exact) mass is 424 g/mol. The van der Waals surface area contributed by atoms with Crippen LogP contribution in [0.25, 0.3) is 0 Å². The summed E-state index contributed by atoms with van der Waals surface area (Å²) in [4.78, 5) is 30.2. The van der Waals surface area contributed by atoms with E-state index in [1.54, 1.807) is 28.8 Å². The summed E-state index contributed by atoms with van der Waals surface area (Å²) in [6.07, 6.45) is 3.27. The number of halogens is 1. The lowest BCUT2D eigenvalue weighted by atomic mass is 9.92. The molecule has 2 aromatic carbocycles. The zero-order chi connectivity index (χ0) is 20.9. The molecule has 0 aliphatic carbocycles. The predicted molar refractivity (Wildman–Crippen MR) is 116 cm³/mol. The highest BCUT2D eigenvalue weighted by molar-refractivity contribution is 8.02. The van der Waals surface area contributed by atoms with Crippen LogP contribution in [0.2, 0.25) is 0 Å². The summed E-state index contributed by atoms with van der Waals surface area (Å²) in [6.45, 7) is 2.83. The van der Waals surface area contributed by atoms with Crippen molar-refractivity contribution in [2.75, 3.05) is 13.1 Å². The lowest BCUT2D eigenvalue weighted by Crippen LogP contribution is -2.50. The van der Waals surface area contributed by atoms with Gasteiger partial charge in [0.15, 0.2) is 0 Å². The first-order chi connectivity index (χ1) is 14.5. The van der Waals surface area contributed by atoms with Crippen LogP contribution in [0.15, 0.2) is 48.5 Å². The molecule has 2 amide bonds. The maximum atomic E-state index is 14.2. The molecule has 3 aliphatic rings. The van der Waals surface area contributed by atoms with Crippen molar-refractivity contribution < 1.29 is 14.0 Å². The van der Waals surface area contributed by atoms with Gasteiger partial charge in [-0.3, -0.25) is 9.59 Å². The third kappa shape index (κ3) is 3.13. The first-order valence-corrected chi connectivity index (χ1v) is 11.5. The van der Waals surface area contributed by atoms with Crippen molar-refractivity contribution in [3.8, 4) is 0 Å². The van der Waals surface area contributed by atoms with Gasteiger partial charge in [-0.1, -0.05) is 42.0 Å². The Balaban J connectivity index is 1.31. The fraction of sp³-hybridized carbons (Fsp3) is 0.417. The van der Waals surface area contributed by atoms with Gasteiger partial charge < -0.3 is 9.80 Å². The van der Waals surface area contributed by atoms with E-state index in [9.17, 15) is 14.0 Å². The number of carbonyl (C=O) groups is 2. The minimum Gasteiger partial charge on any atom is -0.338 e. The molecule has 0 aromatic heterocycles. The van der Waals surface area contributed by atoms with Gasteiger partial charge in [0.2, 0.25) is 5.91 Å². The van der Waals surface area contributed by atoms with Crippen molar-refractivity contribution >= 4 is 23.6 Å². The molecule has 0 N–H and O–H groups in total. The lowest BCUT2D eigenvalue weighted by Gasteiger charge is -2.38. The van der Waals surface area contributed by atoms with Gasteiger partial charge in [-0.25, -0.2) is 4.39 Å². The van der Waals surface area contributed by atoms with E-state index in [4.69, 9.17) is 0 Å². The number of likely N-dealkylation sites (tertiary alicyclic amines) is 1. The van der Waals surface area contributed by atoms with Crippen LogP contribution in [-0.2, 0) is 4.79 Å². The summed E-state index contributed by atoms with van der Waals surface area (Å²) in [7, 11) is 0. The molecule has 3 fully saturated rings. The summed E-state index contributed by atoms with van der Waals surface area (Å²) < 4.78 is 13.7. The molecule has 5 rings (SSSR count). The minimum absolute atomic E-state index is 0.126. The number of hydrogen-bond donors (Lipinski definition) is 0. The fourth-order valence-electron chi connectivity index (χ4n) is 5.09. The number of benzene rings is 2. The second kappa shape index (κ2) is 7.41. The molecule has 4 nitrogen and oxygen atoms in total. The van der Waals surface area contributed by atoms with Gasteiger partial charge >= 0.3 is 0 Å². The van der Waals surface area contributed by atoms with Gasteiger partial charge in [0.25, 0.3) is 5.91 Å². The molecule has 30 heavy (non-hydrogen) atoms. The van der Waals surface area contributed by atoms with E-state index in [0.717, 1.165) is 18.4 Å². The summed E-state index contributed by atoms with van der Waals surface area (Å²) in [5.74, 6) is -0.537. The van der Waals surface area contributed by atoms with Gasteiger partial charge in [-0.15, -0.1) is 11.8 Å². The number of fused-ring (bicyclic) bond motifs is 1. The Morgan fingerprint density at radius 3 is 2.57 bits per heavy atom. The van der Waals surface area contributed by atoms with E-state index in [1.807, 2.05) is 25.1 Å². The van der Waals surface area contributed by atoms with Crippen LogP contribution in [0.4, 0.5) is 4.39 Å². The third-order valence-corrected chi connectivity index (χ3v) is 8.48. The van der Waals surface area contributed by atoms with Crippen LogP contribution in [0, 0.1) is 12.7 Å². The SMILES string of the molecule is Cc1ccc(F)c(C(=O)N2CCC3(CC2)SC2CCC(c4ccccc4)N2C3=O)c1. The Labute approximate surface area is 180 Å². The highest BCUT2D eigenvalue weighted by atomic mass is 32.2. The highest BCUT2D eigenvalue weighted by Gasteiger charge is 2.57. The molecule has 3 heterocycles. The van der Waals surface area contributed by atoms with Gasteiger partial charge in [0, 0.05) is 13.1 Å². The Hall–Kier alpha value is -2.34. The minimum atomic E-state index is -0.483. The van der Waals surface area contributed by atoms with Crippen molar-refractivity contribution in [2.24, 2.45) is 0 Å². The van der Waals surface area contributed by atoms with Crippen molar-refractivity contribution in [1.82, 2.24) is 9.80 Å². The Morgan fingerprint density at radius 2 is 1.83 bits per heavy atom. The standard InChI is InChI=1S/C24H25FN2O2S/c1-16-7-8-19(25)18(15-16)22(28)26-13-11-24(12-14-26)23(29)27-20(9-10-21(27)30-24)17-5-3-2-4-6-17/h2-8,15,20-21H,9-14H2,1H3. The molecule has 2 aromatic rings. The van der Waals surface area contributed by atoms with E-state index in [0.29, 0.717) is 25.9 Å². The van der Waals surface area contributed by atoms with Crippen molar-refractivity contribution in [1.29, 1.82) is 0 Å². The predicted octanol–water partition coefficient (Wildman–Crippen LogP) is 4.55. The van der Waals surface area contributed by atoms with E-state index in [2.05, 4.69) is 17.0 Å². The quantitative estimate of drug-likeness (QED) is 0.710. The van der Waals surface area contributed by atoms with E-state index >= 15 is 0 Å². The summed E-state index contributed by atoms with van der Waals surface area (Å²) in [5, 5.41) is 0.221. The third-order valence-electron chi connectivity index (χ3n) is 6.71. The zero-order valence-corrected chi connectivity index (χ0v) is 17.8. The molecule has 0 saturated carbocycles. The molecule has 3 saturated heterocycles. The largest absolute Gasteiger partial charge is 0.338 e. The Morgan fingerprint density at radius 1 is 1.10 bits per heavy atom. The number of carbonyl (C=O) groups excluding carboxylic acids is 2. The number of rotatable bonds is 2. The lowest BCUT2D eigenvalue weighted by molar-refractivity contribution is -0.134. The van der Waals surface area contributed by atoms with Gasteiger partial charge in [0.05, 0.1) is 17.0 Å². The smallest absolute Gasteiger partial charge is 0.256 e. The van der Waals surface area contributed by atoms with Crippen molar-refractivity contribution in [3.05, 3.63) is 71.0 Å². The van der Waals surface area contributed by atoms with Gasteiger partial charge in [0.1, 0.15) is 10.6 Å². The van der Waals surface area contributed by atoms with E-state index in [1.165, 1.54) is 11.6 Å². The number of aryl methyl sites for hydroxylation is 1. The van der Waals surface area contributed by atoms with Crippen LogP contribution in [0.1, 0.15) is 53.2 Å². The molecule has 0 bridgehead atoms. The molecular formula is C24H25FN2O2S. The molecule has 6 heteroatoms. The van der Waals surface area contributed by atoms with Crippen molar-refractivity contribution in [3.63, 3.8) is 0 Å². The van der Waals surface area contributed by atoms with E-state index in [-0.39, 0.29) is 28.8 Å².